The Morgan fingerprint density at radius 1 is 1.09 bits per heavy atom. The summed E-state index contributed by atoms with van der Waals surface area (Å²) in [6.45, 7) is 1.16. The highest BCUT2D eigenvalue weighted by Gasteiger charge is 2.28. The van der Waals surface area contributed by atoms with Crippen molar-refractivity contribution in [1.82, 2.24) is 18.8 Å². The third-order valence-corrected chi connectivity index (χ3v) is 9.55. The minimum atomic E-state index is -3.51. The van der Waals surface area contributed by atoms with Gasteiger partial charge < -0.3 is 9.47 Å². The molecule has 0 bridgehead atoms. The molecule has 2 heterocycles. The molecule has 1 amide bonds. The lowest BCUT2D eigenvalue weighted by Gasteiger charge is -2.33. The van der Waals surface area contributed by atoms with Crippen molar-refractivity contribution in [2.24, 2.45) is 7.05 Å². The van der Waals surface area contributed by atoms with Crippen LogP contribution in [0.4, 0.5) is 0 Å². The van der Waals surface area contributed by atoms with Crippen molar-refractivity contribution in [3.8, 4) is 0 Å². The molecule has 0 saturated carbocycles. The summed E-state index contributed by atoms with van der Waals surface area (Å²) in [5.41, 5.74) is 4.14. The van der Waals surface area contributed by atoms with Gasteiger partial charge in [0.2, 0.25) is 15.9 Å². The highest BCUT2D eigenvalue weighted by atomic mass is 32.2. The number of nitrogens with zero attached hydrogens (tertiary/aromatic N) is 4. The number of fused-ring (bicyclic) bond motifs is 2. The van der Waals surface area contributed by atoms with Crippen molar-refractivity contribution in [1.29, 1.82) is 0 Å². The maximum Gasteiger partial charge on any atom is 0.243 e. The average molecular weight is 495 g/mol. The number of imidazole rings is 1. The summed E-state index contributed by atoms with van der Waals surface area (Å²) in [4.78, 5) is 20.0. The zero-order valence-corrected chi connectivity index (χ0v) is 21.4. The second kappa shape index (κ2) is 9.74. The van der Waals surface area contributed by atoms with E-state index >= 15 is 0 Å². The Morgan fingerprint density at radius 3 is 2.66 bits per heavy atom. The largest absolute Gasteiger partial charge is 0.339 e. The second-order valence-electron chi connectivity index (χ2n) is 9.81. The van der Waals surface area contributed by atoms with Gasteiger partial charge in [-0.25, -0.2) is 13.4 Å². The molecular formula is C27H34N4O3S. The highest BCUT2D eigenvalue weighted by molar-refractivity contribution is 7.89. The Balaban J connectivity index is 1.31. The lowest BCUT2D eigenvalue weighted by Crippen LogP contribution is -2.35. The van der Waals surface area contributed by atoms with Crippen molar-refractivity contribution in [3.05, 3.63) is 59.4 Å². The number of aryl methyl sites for hydroxylation is 3. The topological polar surface area (TPSA) is 75.5 Å². The molecule has 1 fully saturated rings. The number of carbonyl (C=O) groups excluding carboxylic acids is 1. The average Bonchev–Trinajstić information content (AvgIpc) is 3.21. The molecule has 8 heteroatoms. The minimum Gasteiger partial charge on any atom is -0.339 e. The molecule has 0 spiro atoms. The standard InChI is InChI=1S/C27H34N4O3S/c1-29-25-14-13-21(35(33,34)31-17-6-3-7-18-31)19-23(25)28-26(29)15-16-27(32)30(2)24-12-8-10-20-9-4-5-11-22(20)24/h4-5,9,11,13-14,19,24H,3,6-8,10,12,15-18H2,1-2H3. The molecule has 5 rings (SSSR count). The molecule has 1 atom stereocenters. The van der Waals surface area contributed by atoms with Gasteiger partial charge in [-0.05, 0) is 61.4 Å². The number of amides is 1. The van der Waals surface area contributed by atoms with E-state index in [1.165, 1.54) is 11.1 Å². The van der Waals surface area contributed by atoms with Crippen molar-refractivity contribution >= 4 is 27.0 Å². The molecule has 1 aromatic heterocycles. The van der Waals surface area contributed by atoms with Gasteiger partial charge in [-0.3, -0.25) is 4.79 Å². The maximum atomic E-state index is 13.1. The third-order valence-electron chi connectivity index (χ3n) is 7.66. The molecule has 0 N–H and O–H groups in total. The van der Waals surface area contributed by atoms with Crippen LogP contribution >= 0.6 is 0 Å². The zero-order valence-electron chi connectivity index (χ0n) is 20.6. The molecule has 2 aliphatic rings. The Bertz CT molecular complexity index is 1340. The Morgan fingerprint density at radius 2 is 1.86 bits per heavy atom. The fourth-order valence-corrected chi connectivity index (χ4v) is 7.11. The molecule has 1 aliphatic heterocycles. The summed E-state index contributed by atoms with van der Waals surface area (Å²) in [6, 6.07) is 13.7. The normalized spacial score (nSPS) is 19.0. The van der Waals surface area contributed by atoms with Crippen molar-refractivity contribution in [2.75, 3.05) is 20.1 Å². The first-order chi connectivity index (χ1) is 16.9. The first kappa shape index (κ1) is 24.0. The molecule has 1 aliphatic carbocycles. The first-order valence-corrected chi connectivity index (χ1v) is 14.1. The highest BCUT2D eigenvalue weighted by Crippen LogP contribution is 2.34. The predicted molar refractivity (Wildman–Crippen MR) is 137 cm³/mol. The van der Waals surface area contributed by atoms with Crippen LogP contribution in [-0.2, 0) is 34.7 Å². The van der Waals surface area contributed by atoms with E-state index < -0.39 is 10.0 Å². The van der Waals surface area contributed by atoms with E-state index in [1.807, 2.05) is 29.6 Å². The number of aromatic nitrogens is 2. The van der Waals surface area contributed by atoms with Crippen LogP contribution < -0.4 is 0 Å². The van der Waals surface area contributed by atoms with Gasteiger partial charge >= 0.3 is 0 Å². The van der Waals surface area contributed by atoms with Crippen molar-refractivity contribution in [3.63, 3.8) is 0 Å². The van der Waals surface area contributed by atoms with Crippen LogP contribution in [-0.4, -0.2) is 53.2 Å². The summed E-state index contributed by atoms with van der Waals surface area (Å²) in [5, 5.41) is 0. The van der Waals surface area contributed by atoms with Crippen molar-refractivity contribution in [2.45, 2.75) is 62.3 Å². The lowest BCUT2D eigenvalue weighted by molar-refractivity contribution is -0.132. The summed E-state index contributed by atoms with van der Waals surface area (Å²) in [7, 11) is 0.323. The smallest absolute Gasteiger partial charge is 0.243 e. The van der Waals surface area contributed by atoms with Gasteiger partial charge in [0.15, 0.2) is 0 Å². The van der Waals surface area contributed by atoms with Gasteiger partial charge in [-0.15, -0.1) is 0 Å². The third kappa shape index (κ3) is 4.61. The molecule has 1 saturated heterocycles. The van der Waals surface area contributed by atoms with E-state index in [9.17, 15) is 13.2 Å². The molecule has 0 radical (unpaired) electrons. The van der Waals surface area contributed by atoms with Gasteiger partial charge in [-0.1, -0.05) is 30.7 Å². The van der Waals surface area contributed by atoms with Crippen LogP contribution in [0.1, 0.15) is 61.5 Å². The van der Waals surface area contributed by atoms with E-state index in [2.05, 4.69) is 24.3 Å². The first-order valence-electron chi connectivity index (χ1n) is 12.7. The Labute approximate surface area is 207 Å². The van der Waals surface area contributed by atoms with Crippen LogP contribution in [0.15, 0.2) is 47.4 Å². The summed E-state index contributed by atoms with van der Waals surface area (Å²) in [6.07, 6.45) is 6.92. The lowest BCUT2D eigenvalue weighted by atomic mass is 9.87. The quantitative estimate of drug-likeness (QED) is 0.514. The van der Waals surface area contributed by atoms with Gasteiger partial charge in [0.1, 0.15) is 5.82 Å². The van der Waals surface area contributed by atoms with Crippen molar-refractivity contribution < 1.29 is 13.2 Å². The van der Waals surface area contributed by atoms with Crippen LogP contribution in [0.3, 0.4) is 0 Å². The molecule has 35 heavy (non-hydrogen) atoms. The molecule has 7 nitrogen and oxygen atoms in total. The number of carbonyl (C=O) groups is 1. The van der Waals surface area contributed by atoms with E-state index in [-0.39, 0.29) is 11.9 Å². The number of benzene rings is 2. The molecular weight excluding hydrogens is 460 g/mol. The predicted octanol–water partition coefficient (Wildman–Crippen LogP) is 4.22. The van der Waals surface area contributed by atoms with Crippen LogP contribution in [0.5, 0.6) is 0 Å². The van der Waals surface area contributed by atoms with E-state index in [0.29, 0.717) is 36.3 Å². The molecule has 3 aromatic rings. The minimum absolute atomic E-state index is 0.104. The van der Waals surface area contributed by atoms with E-state index in [0.717, 1.165) is 49.9 Å². The van der Waals surface area contributed by atoms with Gasteiger partial charge in [0.25, 0.3) is 0 Å². The second-order valence-corrected chi connectivity index (χ2v) is 11.8. The monoisotopic (exact) mass is 494 g/mol. The molecule has 1 unspecified atom stereocenters. The van der Waals surface area contributed by atoms with E-state index in [1.54, 1.807) is 16.4 Å². The fraction of sp³-hybridized carbons (Fsp3) is 0.481. The van der Waals surface area contributed by atoms with Crippen LogP contribution in [0.2, 0.25) is 0 Å². The summed E-state index contributed by atoms with van der Waals surface area (Å²) in [5.74, 6) is 0.894. The van der Waals surface area contributed by atoms with E-state index in [4.69, 9.17) is 4.98 Å². The van der Waals surface area contributed by atoms with Gasteiger partial charge in [0, 0.05) is 40.0 Å². The Kier molecular flexibility index (Phi) is 6.68. The molecule has 2 aromatic carbocycles. The molecule has 186 valence electrons. The summed E-state index contributed by atoms with van der Waals surface area (Å²) < 4.78 is 29.7. The number of hydrogen-bond acceptors (Lipinski definition) is 4. The summed E-state index contributed by atoms with van der Waals surface area (Å²) >= 11 is 0. The number of sulfonamides is 1. The number of rotatable bonds is 6. The maximum absolute atomic E-state index is 13.1. The Hall–Kier alpha value is -2.71. The number of piperidine rings is 1. The number of hydrogen-bond donors (Lipinski definition) is 0. The fourth-order valence-electron chi connectivity index (χ4n) is 5.57. The zero-order chi connectivity index (χ0) is 24.6. The van der Waals surface area contributed by atoms with Crippen LogP contribution in [0.25, 0.3) is 11.0 Å². The van der Waals surface area contributed by atoms with Gasteiger partial charge in [-0.2, -0.15) is 4.31 Å². The van der Waals surface area contributed by atoms with Crippen LogP contribution in [0, 0.1) is 0 Å². The van der Waals surface area contributed by atoms with Gasteiger partial charge in [0.05, 0.1) is 22.0 Å². The SMILES string of the molecule is CN(C(=O)CCc1nc2cc(S(=O)(=O)N3CCCCC3)ccc2n1C)C1CCCc2ccccc21.